The number of carbonyl (C=O) groups excluding carboxylic acids is 13. The largest absolute Gasteiger partial charge is 0.481 e. The van der Waals surface area contributed by atoms with Gasteiger partial charge in [0.25, 0.3) is 0 Å². The van der Waals surface area contributed by atoms with Crippen molar-refractivity contribution in [2.75, 3.05) is 31.1 Å². The smallest absolute Gasteiger partial charge is 0.305 e. The molecule has 0 aliphatic carbocycles. The molecule has 39 nitrogen and oxygen atoms in total. The van der Waals surface area contributed by atoms with E-state index >= 15 is 0 Å². The summed E-state index contributed by atoms with van der Waals surface area (Å²) in [4.78, 5) is 239. The topological polar surface area (TPSA) is 619 Å². The highest BCUT2D eigenvalue weighted by Gasteiger charge is 2.37. The molecule has 1 aliphatic rings. The molecule has 1 heterocycles. The zero-order valence-electron chi connectivity index (χ0n) is 57.5. The Balaban J connectivity index is 1.16. The van der Waals surface area contributed by atoms with Gasteiger partial charge in [-0.3, -0.25) is 86.3 Å². The number of benzene rings is 4. The molecule has 0 saturated heterocycles. The summed E-state index contributed by atoms with van der Waals surface area (Å²) < 4.78 is 0. The normalized spacial score (nSPS) is 13.2. The number of hydrogen-bond donors (Lipinski definition) is 17. The summed E-state index contributed by atoms with van der Waals surface area (Å²) in [5, 5.41) is 75.5. The minimum atomic E-state index is -2.28. The van der Waals surface area contributed by atoms with Gasteiger partial charge in [0, 0.05) is 48.3 Å². The molecular weight excluding hydrogens is 1420 g/mol. The Morgan fingerprint density at radius 1 is 0.417 bits per heavy atom. The first kappa shape index (κ1) is 84.9. The maximum absolute atomic E-state index is 14.4. The van der Waals surface area contributed by atoms with Gasteiger partial charge in [0.2, 0.25) is 76.8 Å². The summed E-state index contributed by atoms with van der Waals surface area (Å²) in [5.74, 6) is -17.7. The number of carbonyl (C=O) groups is 18. The molecule has 0 aromatic heterocycles. The van der Waals surface area contributed by atoms with Crippen LogP contribution in [0.2, 0.25) is 0 Å². The van der Waals surface area contributed by atoms with Crippen molar-refractivity contribution in [2.45, 2.75) is 132 Å². The minimum absolute atomic E-state index is 0.00772. The Morgan fingerprint density at radius 3 is 1.25 bits per heavy atom. The number of nitrogens with zero attached hydrogens (tertiary/aromatic N) is 4. The van der Waals surface area contributed by atoms with Gasteiger partial charge in [-0.05, 0) is 53.3 Å². The molecule has 0 saturated carbocycles. The van der Waals surface area contributed by atoms with E-state index in [9.17, 15) is 112 Å². The van der Waals surface area contributed by atoms with E-state index in [1.807, 2.05) is 37.2 Å². The SMILES string of the molecule is [N-]=[N+]=NCCCCC(NC(=O)C(Cc1ccccc1)NC(=O)C(Cc1ccccc1)NC(=O)C(CC(=O)O)NC(=O)C(CC(=O)O)NC(=O)C(CC(=O)O)NC(=O)CNC(=O)CNC(=O)CNC(=O)C(CC(=O)O)NC(=O)C(CC(=O)O)NC(=O)CCC(=O)N1Cc2ccccc2C#Cc2ccccc21)C(N)=O. The number of anilines is 1. The highest BCUT2D eigenvalue weighted by Crippen LogP contribution is 2.26. The molecule has 39 heteroatoms. The Morgan fingerprint density at radius 2 is 0.787 bits per heavy atom. The van der Waals surface area contributed by atoms with E-state index < -0.39 is 220 Å². The fraction of sp³-hybridized carbons (Fsp3) is 0.362. The Labute approximate surface area is 613 Å². The molecule has 18 N–H and O–H groups in total. The van der Waals surface area contributed by atoms with Crippen molar-refractivity contribution < 1.29 is 112 Å². The molecule has 8 unspecified atom stereocenters. The fourth-order valence-corrected chi connectivity index (χ4v) is 10.4. The van der Waals surface area contributed by atoms with Gasteiger partial charge in [0.1, 0.15) is 48.3 Å². The van der Waals surface area contributed by atoms with Crippen LogP contribution in [-0.2, 0) is 106 Å². The third-order valence-electron chi connectivity index (χ3n) is 15.7. The van der Waals surface area contributed by atoms with Crippen LogP contribution in [0.3, 0.4) is 0 Å². The number of nitrogens with one attached hydrogen (secondary N) is 11. The summed E-state index contributed by atoms with van der Waals surface area (Å²) in [7, 11) is 0. The van der Waals surface area contributed by atoms with E-state index in [0.717, 1.165) is 0 Å². The Bertz CT molecular complexity index is 4140. The summed E-state index contributed by atoms with van der Waals surface area (Å²) in [5.41, 5.74) is 17.5. The third kappa shape index (κ3) is 29.9. The molecule has 8 atom stereocenters. The van der Waals surface area contributed by atoms with E-state index in [1.165, 1.54) is 4.90 Å². The lowest BCUT2D eigenvalue weighted by Crippen LogP contribution is -2.60. The molecule has 572 valence electrons. The number of para-hydroxylation sites is 1. The molecule has 4 aromatic carbocycles. The van der Waals surface area contributed by atoms with Gasteiger partial charge in [0.15, 0.2) is 0 Å². The van der Waals surface area contributed by atoms with Crippen LogP contribution in [0.15, 0.2) is 114 Å². The minimum Gasteiger partial charge on any atom is -0.481 e. The lowest BCUT2D eigenvalue weighted by molar-refractivity contribution is -0.144. The van der Waals surface area contributed by atoms with E-state index in [4.69, 9.17) is 11.3 Å². The second kappa shape index (κ2) is 43.4. The van der Waals surface area contributed by atoms with Crippen LogP contribution >= 0.6 is 0 Å². The van der Waals surface area contributed by atoms with Gasteiger partial charge in [-0.15, -0.1) is 0 Å². The summed E-state index contributed by atoms with van der Waals surface area (Å²) in [6.07, 6.45) is -7.04. The van der Waals surface area contributed by atoms with Crippen LogP contribution in [0, 0.1) is 11.8 Å². The third-order valence-corrected chi connectivity index (χ3v) is 15.7. The van der Waals surface area contributed by atoms with Crippen molar-refractivity contribution in [3.63, 3.8) is 0 Å². The van der Waals surface area contributed by atoms with Gasteiger partial charge in [0.05, 0.1) is 64.0 Å². The van der Waals surface area contributed by atoms with Gasteiger partial charge < -0.3 is 94.7 Å². The number of aliphatic carboxylic acids is 5. The lowest BCUT2D eigenvalue weighted by atomic mass is 10.0. The molecule has 1 aliphatic heterocycles. The quantitative estimate of drug-likeness (QED) is 0.00680. The van der Waals surface area contributed by atoms with Crippen molar-refractivity contribution in [1.82, 2.24) is 58.5 Å². The van der Waals surface area contributed by atoms with Gasteiger partial charge >= 0.3 is 29.8 Å². The number of amides is 13. The van der Waals surface area contributed by atoms with Crippen molar-refractivity contribution >= 4 is 112 Å². The van der Waals surface area contributed by atoms with Crippen LogP contribution < -0.4 is 69.1 Å². The van der Waals surface area contributed by atoms with E-state index in [-0.39, 0.29) is 38.8 Å². The monoisotopic (exact) mass is 1500 g/mol. The van der Waals surface area contributed by atoms with Crippen LogP contribution in [0.25, 0.3) is 10.4 Å². The first-order chi connectivity index (χ1) is 51.4. The predicted molar refractivity (Wildman–Crippen MR) is 372 cm³/mol. The van der Waals surface area contributed by atoms with Gasteiger partial charge in [-0.25, -0.2) is 0 Å². The average molecular weight is 1500 g/mol. The maximum atomic E-state index is 14.4. The molecule has 13 amide bonds. The Kier molecular flexibility index (Phi) is 34.1. The average Bonchev–Trinajstić information content (AvgIpc) is 0.807. The van der Waals surface area contributed by atoms with Crippen LogP contribution in [-0.4, -0.2) is 207 Å². The maximum Gasteiger partial charge on any atom is 0.305 e. The number of nitrogens with two attached hydrogens (primary N) is 1. The predicted octanol–water partition coefficient (Wildman–Crippen LogP) is -3.24. The van der Waals surface area contributed by atoms with Gasteiger partial charge in [-0.1, -0.05) is 114 Å². The number of carboxylic acid groups (broad SMARTS) is 5. The van der Waals surface area contributed by atoms with Crippen molar-refractivity contribution in [2.24, 2.45) is 10.8 Å². The lowest BCUT2D eigenvalue weighted by Gasteiger charge is -2.27. The molecule has 108 heavy (non-hydrogen) atoms. The summed E-state index contributed by atoms with van der Waals surface area (Å²) in [6, 6.07) is 14.9. The molecule has 5 rings (SSSR count). The van der Waals surface area contributed by atoms with Crippen molar-refractivity contribution in [3.05, 3.63) is 147 Å². The van der Waals surface area contributed by atoms with Crippen LogP contribution in [0.1, 0.15) is 92.0 Å². The van der Waals surface area contributed by atoms with Gasteiger partial charge in [-0.2, -0.15) is 0 Å². The first-order valence-electron chi connectivity index (χ1n) is 33.1. The van der Waals surface area contributed by atoms with E-state index in [0.29, 0.717) is 39.9 Å². The second-order valence-corrected chi connectivity index (χ2v) is 24.0. The molecule has 0 radical (unpaired) electrons. The standard InChI is InChI=1S/C69H78N16O23/c70-62(101)43(20-11-12-26-75-84-71)78-64(103)44(27-38-13-3-1-4-14-38)79-65(104)45(28-39-15-5-2-6-16-39)80-68(107)49(32-60(97)98)83-69(108)50(33-61(99)100)82-67(106)48(31-59(95)96)77-55(89)36-73-53(87)34-72-54(88)35-74-63(102)46(29-57(91)92)81-66(105)47(30-58(93)94)76-52(86)24-25-56(90)85-37-42-19-8-7-17-40(42)22-23-41-18-9-10-21-51(41)85/h1-10,13-19,21,43-50H,11-12,20,24-37H2,(H2,70,101)(H,72,88)(H,73,87)(H,74,102)(H,76,86)(H,77,89)(H,78,103)(H,79,104)(H,80,107)(H,81,105)(H,82,106)(H,83,108)(H,91,92)(H,93,94)(H,95,96)(H,97,98)(H,99,100). The Hall–Kier alpha value is -13.8. The zero-order valence-corrected chi connectivity index (χ0v) is 57.5. The molecular formula is C69H78N16O23. The molecule has 0 bridgehead atoms. The second-order valence-electron chi connectivity index (χ2n) is 24.0. The fourth-order valence-electron chi connectivity index (χ4n) is 10.4. The number of hydrogen-bond acceptors (Lipinski definition) is 19. The summed E-state index contributed by atoms with van der Waals surface area (Å²) in [6.45, 7) is -2.88. The van der Waals surface area contributed by atoms with E-state index in [2.05, 4.69) is 43.1 Å². The zero-order chi connectivity index (χ0) is 79.4. The van der Waals surface area contributed by atoms with Crippen molar-refractivity contribution in [3.8, 4) is 11.8 Å². The number of azide groups is 1. The van der Waals surface area contributed by atoms with Crippen LogP contribution in [0.5, 0.6) is 0 Å². The van der Waals surface area contributed by atoms with E-state index in [1.54, 1.807) is 109 Å². The van der Waals surface area contributed by atoms with Crippen molar-refractivity contribution in [1.29, 1.82) is 0 Å². The summed E-state index contributed by atoms with van der Waals surface area (Å²) >= 11 is 0. The number of carboxylic acids is 5. The number of unbranched alkanes of at least 4 members (excludes halogenated alkanes) is 1. The molecule has 4 aromatic rings. The first-order valence-corrected chi connectivity index (χ1v) is 33.1. The molecule has 0 spiro atoms. The number of primary amides is 1. The highest BCUT2D eigenvalue weighted by atomic mass is 16.4. The van der Waals surface area contributed by atoms with Crippen LogP contribution in [0.4, 0.5) is 5.69 Å². The molecule has 0 fully saturated rings. The number of fused-ring (bicyclic) bond motifs is 2. The highest BCUT2D eigenvalue weighted by molar-refractivity contribution is 6.02. The number of rotatable bonds is 44.